The lowest BCUT2D eigenvalue weighted by Gasteiger charge is -2.33. The lowest BCUT2D eigenvalue weighted by atomic mass is 10.2. The summed E-state index contributed by atoms with van der Waals surface area (Å²) in [5.74, 6) is 0.0512. The molecule has 0 saturated carbocycles. The van der Waals surface area contributed by atoms with Gasteiger partial charge in [-0.2, -0.15) is 15.6 Å². The average molecular weight is 377 g/mol. The van der Waals surface area contributed by atoms with Gasteiger partial charge in [0.25, 0.3) is 0 Å². The van der Waals surface area contributed by atoms with E-state index < -0.39 is 10.0 Å². The predicted molar refractivity (Wildman–Crippen MR) is 101 cm³/mol. The lowest BCUT2D eigenvalue weighted by molar-refractivity contribution is -0.131. The zero-order valence-electron chi connectivity index (χ0n) is 13.7. The molecule has 1 fully saturated rings. The van der Waals surface area contributed by atoms with Crippen molar-refractivity contribution in [3.63, 3.8) is 0 Å². The van der Waals surface area contributed by atoms with Crippen LogP contribution in [-0.4, -0.2) is 49.7 Å². The third-order valence-corrected chi connectivity index (χ3v) is 6.42. The fourth-order valence-corrected chi connectivity index (χ4v) is 4.53. The molecule has 0 N–H and O–H groups in total. The van der Waals surface area contributed by atoms with E-state index in [1.165, 1.54) is 9.71 Å². The maximum absolute atomic E-state index is 12.4. The highest BCUT2D eigenvalue weighted by Crippen LogP contribution is 2.14. The minimum Gasteiger partial charge on any atom is -0.340 e. The first kappa shape index (κ1) is 17.8. The van der Waals surface area contributed by atoms with Crippen LogP contribution in [0, 0.1) is 0 Å². The third kappa shape index (κ3) is 4.78. The van der Waals surface area contributed by atoms with Crippen molar-refractivity contribution < 1.29 is 13.2 Å². The molecule has 1 aliphatic rings. The molecule has 1 aromatic carbocycles. The van der Waals surface area contributed by atoms with E-state index in [0.717, 1.165) is 11.1 Å². The normalized spacial score (nSPS) is 16.4. The molecule has 7 heteroatoms. The van der Waals surface area contributed by atoms with Crippen LogP contribution in [0.5, 0.6) is 0 Å². The maximum Gasteiger partial charge on any atom is 0.236 e. The third-order valence-electron chi connectivity index (χ3n) is 4.12. The van der Waals surface area contributed by atoms with Gasteiger partial charge in [-0.25, -0.2) is 8.42 Å². The van der Waals surface area contributed by atoms with E-state index in [9.17, 15) is 13.2 Å². The van der Waals surface area contributed by atoms with Gasteiger partial charge < -0.3 is 4.90 Å². The molecule has 0 radical (unpaired) electrons. The molecule has 1 aliphatic heterocycles. The van der Waals surface area contributed by atoms with Crippen LogP contribution in [0.25, 0.3) is 6.08 Å². The van der Waals surface area contributed by atoms with Gasteiger partial charge in [0.2, 0.25) is 15.9 Å². The second-order valence-corrected chi connectivity index (χ2v) is 8.45. The van der Waals surface area contributed by atoms with Crippen molar-refractivity contribution in [1.82, 2.24) is 9.21 Å². The fraction of sp³-hybridized carbons (Fsp3) is 0.278. The van der Waals surface area contributed by atoms with Crippen LogP contribution in [-0.2, 0) is 21.2 Å². The van der Waals surface area contributed by atoms with E-state index in [1.54, 1.807) is 22.3 Å². The summed E-state index contributed by atoms with van der Waals surface area (Å²) < 4.78 is 26.3. The van der Waals surface area contributed by atoms with E-state index in [1.807, 2.05) is 47.2 Å². The zero-order valence-corrected chi connectivity index (χ0v) is 15.4. The van der Waals surface area contributed by atoms with Gasteiger partial charge >= 0.3 is 0 Å². The molecule has 0 unspecified atom stereocenters. The van der Waals surface area contributed by atoms with Crippen LogP contribution in [0.3, 0.4) is 0 Å². The number of carbonyl (C=O) groups excluding carboxylic acids is 1. The number of hydrogen-bond acceptors (Lipinski definition) is 4. The van der Waals surface area contributed by atoms with E-state index in [4.69, 9.17) is 0 Å². The number of amides is 1. The monoisotopic (exact) mass is 376 g/mol. The Balaban J connectivity index is 1.56. The smallest absolute Gasteiger partial charge is 0.236 e. The standard InChI is InChI=1S/C18H20N2O3S2/c21-18(14-17-6-12-24-15-17)19-8-10-20(11-9-19)25(22,23)13-7-16-4-2-1-3-5-16/h1-7,12-13,15H,8-11,14H2/b13-7+. The summed E-state index contributed by atoms with van der Waals surface area (Å²) >= 11 is 1.57. The highest BCUT2D eigenvalue weighted by molar-refractivity contribution is 7.92. The van der Waals surface area contributed by atoms with Gasteiger partial charge in [0.15, 0.2) is 0 Å². The molecule has 2 aromatic rings. The molecule has 0 bridgehead atoms. The van der Waals surface area contributed by atoms with E-state index in [-0.39, 0.29) is 5.91 Å². The molecule has 0 atom stereocenters. The Labute approximate surface area is 152 Å². The first-order chi connectivity index (χ1) is 12.0. The molecule has 1 aromatic heterocycles. The first-order valence-electron chi connectivity index (χ1n) is 8.07. The van der Waals surface area contributed by atoms with Gasteiger partial charge in [-0.15, -0.1) is 0 Å². The Hall–Kier alpha value is -1.96. The number of benzene rings is 1. The van der Waals surface area contributed by atoms with Crippen molar-refractivity contribution >= 4 is 33.3 Å². The maximum atomic E-state index is 12.4. The quantitative estimate of drug-likeness (QED) is 0.805. The van der Waals surface area contributed by atoms with E-state index >= 15 is 0 Å². The van der Waals surface area contributed by atoms with Gasteiger partial charge in [0.05, 0.1) is 6.42 Å². The number of sulfonamides is 1. The van der Waals surface area contributed by atoms with Gasteiger partial charge in [-0.05, 0) is 34.0 Å². The highest BCUT2D eigenvalue weighted by atomic mass is 32.2. The Morgan fingerprint density at radius 3 is 2.44 bits per heavy atom. The second kappa shape index (κ2) is 7.95. The van der Waals surface area contributed by atoms with Crippen molar-refractivity contribution in [2.24, 2.45) is 0 Å². The number of nitrogens with zero attached hydrogens (tertiary/aromatic N) is 2. The molecule has 132 valence electrons. The highest BCUT2D eigenvalue weighted by Gasteiger charge is 2.27. The van der Waals surface area contributed by atoms with Gasteiger partial charge in [-0.3, -0.25) is 4.79 Å². The first-order valence-corrected chi connectivity index (χ1v) is 10.5. The van der Waals surface area contributed by atoms with Crippen LogP contribution >= 0.6 is 11.3 Å². The van der Waals surface area contributed by atoms with Crippen LogP contribution in [0.1, 0.15) is 11.1 Å². The molecule has 25 heavy (non-hydrogen) atoms. The zero-order chi connectivity index (χ0) is 17.7. The Morgan fingerprint density at radius 1 is 1.08 bits per heavy atom. The molecule has 3 rings (SSSR count). The SMILES string of the molecule is O=C(Cc1ccsc1)N1CCN(S(=O)(=O)/C=C/c2ccccc2)CC1. The topological polar surface area (TPSA) is 57.7 Å². The summed E-state index contributed by atoms with van der Waals surface area (Å²) in [4.78, 5) is 14.0. The molecule has 1 saturated heterocycles. The van der Waals surface area contributed by atoms with E-state index in [0.29, 0.717) is 32.6 Å². The second-order valence-electron chi connectivity index (χ2n) is 5.85. The molecule has 5 nitrogen and oxygen atoms in total. The fourth-order valence-electron chi connectivity index (χ4n) is 2.69. The summed E-state index contributed by atoms with van der Waals surface area (Å²) in [5.41, 5.74) is 1.85. The van der Waals surface area contributed by atoms with Gasteiger partial charge in [0, 0.05) is 31.6 Å². The molecule has 0 aliphatic carbocycles. The number of hydrogen-bond donors (Lipinski definition) is 0. The molecular formula is C18H20N2O3S2. The van der Waals surface area contributed by atoms with Crippen molar-refractivity contribution in [3.8, 4) is 0 Å². The summed E-state index contributed by atoms with van der Waals surface area (Å²) in [6.07, 6.45) is 1.98. The number of thiophene rings is 1. The summed E-state index contributed by atoms with van der Waals surface area (Å²) in [7, 11) is -3.46. The Kier molecular flexibility index (Phi) is 5.67. The largest absolute Gasteiger partial charge is 0.340 e. The summed E-state index contributed by atoms with van der Waals surface area (Å²) in [6.45, 7) is 1.52. The Bertz CT molecular complexity index is 822. The lowest BCUT2D eigenvalue weighted by Crippen LogP contribution is -2.50. The molecule has 1 amide bonds. The van der Waals surface area contributed by atoms with Crippen molar-refractivity contribution in [1.29, 1.82) is 0 Å². The minimum atomic E-state index is -3.46. The van der Waals surface area contributed by atoms with Crippen LogP contribution in [0.2, 0.25) is 0 Å². The number of piperazine rings is 1. The van der Waals surface area contributed by atoms with Crippen molar-refractivity contribution in [2.45, 2.75) is 6.42 Å². The Morgan fingerprint density at radius 2 is 1.80 bits per heavy atom. The van der Waals surface area contributed by atoms with Crippen molar-refractivity contribution in [2.75, 3.05) is 26.2 Å². The van der Waals surface area contributed by atoms with Crippen LogP contribution in [0.15, 0.2) is 52.6 Å². The van der Waals surface area contributed by atoms with E-state index in [2.05, 4.69) is 0 Å². The molecule has 0 spiro atoms. The number of rotatable bonds is 5. The van der Waals surface area contributed by atoms with Crippen LogP contribution < -0.4 is 0 Å². The summed E-state index contributed by atoms with van der Waals surface area (Å²) in [5, 5.41) is 5.16. The molecule has 2 heterocycles. The van der Waals surface area contributed by atoms with Gasteiger partial charge in [-0.1, -0.05) is 30.3 Å². The van der Waals surface area contributed by atoms with Crippen molar-refractivity contribution in [3.05, 3.63) is 63.7 Å². The van der Waals surface area contributed by atoms with Gasteiger partial charge in [0.1, 0.15) is 0 Å². The summed E-state index contributed by atoms with van der Waals surface area (Å²) in [6, 6.07) is 11.3. The minimum absolute atomic E-state index is 0.0512. The molecular weight excluding hydrogens is 356 g/mol. The van der Waals surface area contributed by atoms with Crippen LogP contribution in [0.4, 0.5) is 0 Å². The number of carbonyl (C=O) groups is 1. The predicted octanol–water partition coefficient (Wildman–Crippen LogP) is 2.44. The average Bonchev–Trinajstić information content (AvgIpc) is 3.14.